The number of aromatic hydroxyl groups is 2. The van der Waals surface area contributed by atoms with Crippen molar-refractivity contribution in [2.75, 3.05) is 0 Å². The van der Waals surface area contributed by atoms with E-state index in [0.29, 0.717) is 24.5 Å². The normalized spacial score (nSPS) is 17.1. The topological polar surface area (TPSA) is 75.5 Å². The Hall–Kier alpha value is -2.58. The zero-order valence-electron chi connectivity index (χ0n) is 11.4. The molecule has 9 heteroatoms. The number of ether oxygens (including phenoxy) is 1. The van der Waals surface area contributed by atoms with Gasteiger partial charge in [0.15, 0.2) is 0 Å². The lowest BCUT2D eigenvalue weighted by Gasteiger charge is -2.14. The third-order valence-electron chi connectivity index (χ3n) is 3.60. The number of hydrogen-bond donors (Lipinski definition) is 2. The van der Waals surface area contributed by atoms with Crippen LogP contribution < -0.4 is 4.74 Å². The summed E-state index contributed by atoms with van der Waals surface area (Å²) in [6.45, 7) is 0. The van der Waals surface area contributed by atoms with Crippen LogP contribution in [0.1, 0.15) is 29.2 Å². The molecule has 0 saturated heterocycles. The molecule has 1 atom stereocenters. The highest BCUT2D eigenvalue weighted by atomic mass is 19.4. The predicted molar refractivity (Wildman–Crippen MR) is 68.6 cm³/mol. The van der Waals surface area contributed by atoms with Crippen LogP contribution in [0.15, 0.2) is 18.2 Å². The van der Waals surface area contributed by atoms with Crippen LogP contribution in [0.25, 0.3) is 0 Å². The van der Waals surface area contributed by atoms with Crippen molar-refractivity contribution in [2.45, 2.75) is 25.1 Å². The minimum absolute atomic E-state index is 0.107. The molecule has 0 amide bonds. The highest BCUT2D eigenvalue weighted by Gasteiger charge is 2.33. The number of halogens is 4. The van der Waals surface area contributed by atoms with Crippen LogP contribution in [-0.4, -0.2) is 26.5 Å². The minimum Gasteiger partial charge on any atom is -0.493 e. The summed E-state index contributed by atoms with van der Waals surface area (Å²) < 4.78 is 54.2. The molecule has 1 unspecified atom stereocenters. The second kappa shape index (κ2) is 5.25. The van der Waals surface area contributed by atoms with E-state index in [1.54, 1.807) is 0 Å². The average Bonchev–Trinajstić information content (AvgIpc) is 2.81. The molecule has 3 rings (SSSR count). The van der Waals surface area contributed by atoms with Gasteiger partial charge in [0.25, 0.3) is 0 Å². The van der Waals surface area contributed by atoms with Gasteiger partial charge in [-0.2, -0.15) is 9.97 Å². The van der Waals surface area contributed by atoms with Crippen LogP contribution in [0.2, 0.25) is 0 Å². The maximum Gasteiger partial charge on any atom is 0.573 e. The highest BCUT2D eigenvalue weighted by molar-refractivity contribution is 5.44. The Morgan fingerprint density at radius 1 is 1.17 bits per heavy atom. The van der Waals surface area contributed by atoms with Gasteiger partial charge in [0.2, 0.25) is 5.88 Å². The number of aromatic nitrogens is 2. The Labute approximate surface area is 127 Å². The Bertz CT molecular complexity index is 764. The number of alkyl halides is 3. The first kappa shape index (κ1) is 15.3. The van der Waals surface area contributed by atoms with Crippen LogP contribution in [0.5, 0.6) is 17.6 Å². The zero-order chi connectivity index (χ0) is 16.8. The predicted octanol–water partition coefficient (Wildman–Crippen LogP) is 3.00. The van der Waals surface area contributed by atoms with E-state index in [-0.39, 0.29) is 17.1 Å². The Morgan fingerprint density at radius 3 is 2.57 bits per heavy atom. The fourth-order valence-corrected chi connectivity index (χ4v) is 2.72. The molecule has 0 spiro atoms. The second-order valence-electron chi connectivity index (χ2n) is 5.03. The summed E-state index contributed by atoms with van der Waals surface area (Å²) in [4.78, 5) is 7.21. The highest BCUT2D eigenvalue weighted by Crippen LogP contribution is 2.42. The Balaban J connectivity index is 1.96. The quantitative estimate of drug-likeness (QED) is 0.828. The van der Waals surface area contributed by atoms with E-state index in [1.807, 2.05) is 0 Å². The molecule has 1 aliphatic carbocycles. The molecule has 0 radical (unpaired) electrons. The fourth-order valence-electron chi connectivity index (χ4n) is 2.72. The number of fused-ring (bicyclic) bond motifs is 1. The van der Waals surface area contributed by atoms with Gasteiger partial charge in [-0.25, -0.2) is 4.39 Å². The molecular formula is C14H10F4N2O3. The van der Waals surface area contributed by atoms with E-state index >= 15 is 0 Å². The smallest absolute Gasteiger partial charge is 0.493 e. The zero-order valence-corrected chi connectivity index (χ0v) is 11.4. The lowest BCUT2D eigenvalue weighted by Crippen LogP contribution is -2.17. The summed E-state index contributed by atoms with van der Waals surface area (Å²) >= 11 is 0. The van der Waals surface area contributed by atoms with Crippen LogP contribution in [0.4, 0.5) is 17.6 Å². The van der Waals surface area contributed by atoms with E-state index < -0.39 is 29.9 Å². The van der Waals surface area contributed by atoms with E-state index in [1.165, 1.54) is 6.07 Å². The molecule has 1 aromatic heterocycles. The average molecular weight is 330 g/mol. The van der Waals surface area contributed by atoms with Crippen LogP contribution >= 0.6 is 0 Å². The van der Waals surface area contributed by atoms with Crippen molar-refractivity contribution in [3.8, 4) is 17.6 Å². The van der Waals surface area contributed by atoms with Crippen molar-refractivity contribution < 1.29 is 32.5 Å². The van der Waals surface area contributed by atoms with Crippen molar-refractivity contribution in [3.05, 3.63) is 40.8 Å². The van der Waals surface area contributed by atoms with Crippen molar-refractivity contribution in [1.82, 2.24) is 9.97 Å². The first-order valence-electron chi connectivity index (χ1n) is 6.58. The van der Waals surface area contributed by atoms with Crippen LogP contribution in [-0.2, 0) is 6.42 Å². The Morgan fingerprint density at radius 2 is 1.91 bits per heavy atom. The first-order valence-corrected chi connectivity index (χ1v) is 6.58. The summed E-state index contributed by atoms with van der Waals surface area (Å²) in [7, 11) is 0. The largest absolute Gasteiger partial charge is 0.573 e. The minimum atomic E-state index is -4.90. The van der Waals surface area contributed by atoms with E-state index in [9.17, 15) is 27.8 Å². The molecule has 1 aromatic carbocycles. The van der Waals surface area contributed by atoms with Gasteiger partial charge in [-0.1, -0.05) is 6.07 Å². The van der Waals surface area contributed by atoms with Gasteiger partial charge in [-0.15, -0.1) is 13.2 Å². The standard InChI is InChI=1S/C14H10F4N2O3/c15-10-5-6(23-14(16,17)18)1-2-7(10)8-3-4-9-11(8)19-13(22)20-12(9)21/h1-2,5,8H,3-4H2,(H2,19,20,21,22). The SMILES string of the molecule is Oc1nc(O)c2c(n1)C(c1ccc(OC(F)(F)F)cc1F)CC2. The van der Waals surface area contributed by atoms with Gasteiger partial charge in [0.05, 0.1) is 5.69 Å². The third-order valence-corrected chi connectivity index (χ3v) is 3.60. The number of benzene rings is 1. The van der Waals surface area contributed by atoms with Gasteiger partial charge in [0, 0.05) is 17.5 Å². The molecule has 2 N–H and O–H groups in total. The molecule has 23 heavy (non-hydrogen) atoms. The molecule has 0 bridgehead atoms. The van der Waals surface area contributed by atoms with Crippen LogP contribution in [0.3, 0.4) is 0 Å². The first-order chi connectivity index (χ1) is 10.7. The summed E-state index contributed by atoms with van der Waals surface area (Å²) in [5.74, 6) is -2.52. The maximum atomic E-state index is 14.2. The number of hydrogen-bond acceptors (Lipinski definition) is 5. The van der Waals surface area contributed by atoms with Crippen molar-refractivity contribution in [1.29, 1.82) is 0 Å². The lowest BCUT2D eigenvalue weighted by atomic mass is 9.96. The van der Waals surface area contributed by atoms with Gasteiger partial charge >= 0.3 is 12.4 Å². The molecule has 5 nitrogen and oxygen atoms in total. The van der Waals surface area contributed by atoms with Gasteiger partial charge in [-0.3, -0.25) is 0 Å². The van der Waals surface area contributed by atoms with Gasteiger partial charge in [0.1, 0.15) is 11.6 Å². The molecule has 1 aliphatic rings. The molecule has 0 aliphatic heterocycles. The molecule has 122 valence electrons. The second-order valence-corrected chi connectivity index (χ2v) is 5.03. The summed E-state index contributed by atoms with van der Waals surface area (Å²) in [6, 6.07) is 2.17. The van der Waals surface area contributed by atoms with E-state index in [4.69, 9.17) is 0 Å². The lowest BCUT2D eigenvalue weighted by molar-refractivity contribution is -0.274. The monoisotopic (exact) mass is 330 g/mol. The number of nitrogens with zero attached hydrogens (tertiary/aromatic N) is 2. The van der Waals surface area contributed by atoms with Crippen LogP contribution in [0, 0.1) is 5.82 Å². The molecule has 0 fully saturated rings. The summed E-state index contributed by atoms with van der Waals surface area (Å²) in [5.41, 5.74) is 0.761. The summed E-state index contributed by atoms with van der Waals surface area (Å²) in [6.07, 6.45) is -4.15. The molecule has 0 saturated carbocycles. The fraction of sp³-hybridized carbons (Fsp3) is 0.286. The van der Waals surface area contributed by atoms with Crippen molar-refractivity contribution in [2.24, 2.45) is 0 Å². The van der Waals surface area contributed by atoms with E-state index in [2.05, 4.69) is 14.7 Å². The number of rotatable bonds is 2. The van der Waals surface area contributed by atoms with Crippen molar-refractivity contribution >= 4 is 0 Å². The molecule has 2 aromatic rings. The van der Waals surface area contributed by atoms with Crippen molar-refractivity contribution in [3.63, 3.8) is 0 Å². The van der Waals surface area contributed by atoms with E-state index in [0.717, 1.165) is 6.07 Å². The third kappa shape index (κ3) is 2.99. The van der Waals surface area contributed by atoms with Gasteiger partial charge < -0.3 is 14.9 Å². The molecular weight excluding hydrogens is 320 g/mol. The summed E-state index contributed by atoms with van der Waals surface area (Å²) in [5, 5.41) is 19.0. The Kier molecular flexibility index (Phi) is 3.50. The molecule has 1 heterocycles. The van der Waals surface area contributed by atoms with Gasteiger partial charge in [-0.05, 0) is 24.5 Å². The maximum absolute atomic E-state index is 14.2.